The van der Waals surface area contributed by atoms with Gasteiger partial charge >= 0.3 is 0 Å². The van der Waals surface area contributed by atoms with Crippen molar-refractivity contribution >= 4 is 15.9 Å². The van der Waals surface area contributed by atoms with E-state index in [0.29, 0.717) is 5.56 Å². The molecule has 0 amide bonds. The summed E-state index contributed by atoms with van der Waals surface area (Å²) in [5, 5.41) is 9.02. The summed E-state index contributed by atoms with van der Waals surface area (Å²) in [6.07, 6.45) is 0. The van der Waals surface area contributed by atoms with Crippen LogP contribution in [0.25, 0.3) is 22.3 Å². The minimum Gasteiger partial charge on any atom is -0.192 e. The molecular weight excluding hydrogens is 322 g/mol. The zero-order chi connectivity index (χ0) is 14.7. The Morgan fingerprint density at radius 3 is 1.81 bits per heavy atom. The van der Waals surface area contributed by atoms with Crippen LogP contribution in [0.15, 0.2) is 77.3 Å². The predicted octanol–water partition coefficient (Wildman–Crippen LogP) is 5.65. The molecule has 0 aliphatic heterocycles. The van der Waals surface area contributed by atoms with Crippen molar-refractivity contribution in [1.82, 2.24) is 0 Å². The van der Waals surface area contributed by atoms with Gasteiger partial charge in [0, 0.05) is 4.47 Å². The Morgan fingerprint density at radius 1 is 0.667 bits per heavy atom. The fourth-order valence-electron chi connectivity index (χ4n) is 2.31. The molecule has 2 heteroatoms. The molecule has 3 aromatic carbocycles. The molecule has 0 fully saturated rings. The number of rotatable bonds is 2. The summed E-state index contributed by atoms with van der Waals surface area (Å²) in [5.41, 5.74) is 5.19. The molecule has 100 valence electrons. The van der Waals surface area contributed by atoms with E-state index in [9.17, 15) is 0 Å². The number of nitriles is 1. The quantitative estimate of drug-likeness (QED) is 0.594. The Balaban J connectivity index is 2.06. The lowest BCUT2D eigenvalue weighted by molar-refractivity contribution is 1.48. The highest BCUT2D eigenvalue weighted by Crippen LogP contribution is 2.28. The molecule has 1 nitrogen and oxygen atoms in total. The van der Waals surface area contributed by atoms with E-state index in [-0.39, 0.29) is 0 Å². The first-order valence-corrected chi connectivity index (χ1v) is 7.42. The van der Waals surface area contributed by atoms with E-state index in [0.717, 1.165) is 21.2 Å². The number of nitrogens with zero attached hydrogens (tertiary/aromatic N) is 1. The van der Waals surface area contributed by atoms with E-state index in [1.807, 2.05) is 42.5 Å². The van der Waals surface area contributed by atoms with Gasteiger partial charge in [0.1, 0.15) is 0 Å². The normalized spacial score (nSPS) is 10.1. The first-order valence-electron chi connectivity index (χ1n) is 6.63. The molecule has 0 atom stereocenters. The highest BCUT2D eigenvalue weighted by Gasteiger charge is 2.03. The number of hydrogen-bond donors (Lipinski definition) is 0. The van der Waals surface area contributed by atoms with Gasteiger partial charge in [-0.15, -0.1) is 0 Å². The largest absolute Gasteiger partial charge is 0.192 e. The van der Waals surface area contributed by atoms with Crippen LogP contribution in [0.2, 0.25) is 0 Å². The molecule has 3 aromatic rings. The van der Waals surface area contributed by atoms with Crippen LogP contribution in [0.1, 0.15) is 5.56 Å². The third kappa shape index (κ3) is 3.04. The summed E-state index contributed by atoms with van der Waals surface area (Å²) in [5.74, 6) is 0. The van der Waals surface area contributed by atoms with Gasteiger partial charge in [-0.25, -0.2) is 0 Å². The number of benzene rings is 3. The lowest BCUT2D eigenvalue weighted by Crippen LogP contribution is -1.83. The van der Waals surface area contributed by atoms with Crippen molar-refractivity contribution in [3.05, 3.63) is 82.8 Å². The monoisotopic (exact) mass is 333 g/mol. The molecule has 0 unspecified atom stereocenters. The summed E-state index contributed by atoms with van der Waals surface area (Å²) in [6.45, 7) is 0. The molecule has 0 heterocycles. The second-order valence-corrected chi connectivity index (χ2v) is 5.70. The smallest absolute Gasteiger partial charge is 0.0991 e. The van der Waals surface area contributed by atoms with E-state index in [4.69, 9.17) is 5.26 Å². The molecule has 0 aliphatic carbocycles. The van der Waals surface area contributed by atoms with Gasteiger partial charge in [0.25, 0.3) is 0 Å². The predicted molar refractivity (Wildman–Crippen MR) is 89.7 cm³/mol. The molecule has 0 aromatic heterocycles. The van der Waals surface area contributed by atoms with Crippen molar-refractivity contribution in [3.8, 4) is 28.3 Å². The van der Waals surface area contributed by atoms with E-state index in [1.165, 1.54) is 5.56 Å². The first kappa shape index (κ1) is 13.6. The number of halogens is 1. The van der Waals surface area contributed by atoms with Crippen LogP contribution in [0, 0.1) is 11.3 Å². The Hall–Kier alpha value is -2.37. The van der Waals surface area contributed by atoms with E-state index in [2.05, 4.69) is 52.3 Å². The average molecular weight is 334 g/mol. The highest BCUT2D eigenvalue weighted by atomic mass is 79.9. The SMILES string of the molecule is N#Cc1cccc(-c2cccc(-c3cccc(Br)c3)c2)c1. The van der Waals surface area contributed by atoms with Gasteiger partial charge in [-0.2, -0.15) is 5.26 Å². The van der Waals surface area contributed by atoms with Crippen LogP contribution in [-0.4, -0.2) is 0 Å². The molecule has 0 bridgehead atoms. The third-order valence-electron chi connectivity index (χ3n) is 3.35. The van der Waals surface area contributed by atoms with Crippen molar-refractivity contribution in [2.24, 2.45) is 0 Å². The summed E-state index contributed by atoms with van der Waals surface area (Å²) >= 11 is 3.51. The van der Waals surface area contributed by atoms with Crippen LogP contribution in [0.3, 0.4) is 0 Å². The Labute approximate surface area is 132 Å². The van der Waals surface area contributed by atoms with Gasteiger partial charge in [-0.05, 0) is 52.6 Å². The maximum atomic E-state index is 9.02. The van der Waals surface area contributed by atoms with Crippen molar-refractivity contribution in [1.29, 1.82) is 5.26 Å². The number of hydrogen-bond acceptors (Lipinski definition) is 1. The van der Waals surface area contributed by atoms with E-state index >= 15 is 0 Å². The standard InChI is InChI=1S/C19H12BrN/c20-19-9-3-8-18(12-19)17-7-2-6-16(11-17)15-5-1-4-14(10-15)13-21/h1-12H. The molecule has 0 aliphatic rings. The molecule has 21 heavy (non-hydrogen) atoms. The topological polar surface area (TPSA) is 23.8 Å². The van der Waals surface area contributed by atoms with Gasteiger partial charge in [-0.3, -0.25) is 0 Å². The fourth-order valence-corrected chi connectivity index (χ4v) is 2.71. The summed E-state index contributed by atoms with van der Waals surface area (Å²) < 4.78 is 1.07. The minimum absolute atomic E-state index is 0.681. The van der Waals surface area contributed by atoms with Gasteiger partial charge in [0.05, 0.1) is 11.6 Å². The van der Waals surface area contributed by atoms with E-state index in [1.54, 1.807) is 0 Å². The maximum Gasteiger partial charge on any atom is 0.0991 e. The lowest BCUT2D eigenvalue weighted by Gasteiger charge is -2.07. The minimum atomic E-state index is 0.681. The molecule has 3 rings (SSSR count). The molecule has 0 saturated carbocycles. The van der Waals surface area contributed by atoms with Crippen molar-refractivity contribution in [2.75, 3.05) is 0 Å². The second kappa shape index (κ2) is 5.95. The van der Waals surface area contributed by atoms with E-state index < -0.39 is 0 Å². The van der Waals surface area contributed by atoms with Crippen molar-refractivity contribution in [2.45, 2.75) is 0 Å². The third-order valence-corrected chi connectivity index (χ3v) is 3.84. The van der Waals surface area contributed by atoms with Crippen LogP contribution in [0.4, 0.5) is 0 Å². The van der Waals surface area contributed by atoms with Gasteiger partial charge in [0.2, 0.25) is 0 Å². The second-order valence-electron chi connectivity index (χ2n) is 4.78. The molecule has 0 saturated heterocycles. The maximum absolute atomic E-state index is 9.02. The highest BCUT2D eigenvalue weighted by molar-refractivity contribution is 9.10. The Kier molecular flexibility index (Phi) is 3.85. The zero-order valence-electron chi connectivity index (χ0n) is 11.3. The van der Waals surface area contributed by atoms with Crippen molar-refractivity contribution in [3.63, 3.8) is 0 Å². The Morgan fingerprint density at radius 2 is 1.19 bits per heavy atom. The molecule has 0 radical (unpaired) electrons. The van der Waals surface area contributed by atoms with Crippen LogP contribution in [-0.2, 0) is 0 Å². The molecule has 0 spiro atoms. The first-order chi connectivity index (χ1) is 10.3. The summed E-state index contributed by atoms with van der Waals surface area (Å²) in [4.78, 5) is 0. The summed E-state index contributed by atoms with van der Waals surface area (Å²) in [6, 6.07) is 26.5. The van der Waals surface area contributed by atoms with Crippen LogP contribution >= 0.6 is 15.9 Å². The lowest BCUT2D eigenvalue weighted by atomic mass is 9.98. The van der Waals surface area contributed by atoms with Gasteiger partial charge in [0.15, 0.2) is 0 Å². The van der Waals surface area contributed by atoms with Crippen molar-refractivity contribution < 1.29 is 0 Å². The molecule has 0 N–H and O–H groups in total. The van der Waals surface area contributed by atoms with Crippen LogP contribution < -0.4 is 0 Å². The average Bonchev–Trinajstić information content (AvgIpc) is 2.55. The van der Waals surface area contributed by atoms with Gasteiger partial charge < -0.3 is 0 Å². The zero-order valence-corrected chi connectivity index (χ0v) is 12.8. The Bertz CT molecular complexity index is 831. The summed E-state index contributed by atoms with van der Waals surface area (Å²) in [7, 11) is 0. The molecular formula is C19H12BrN. The van der Waals surface area contributed by atoms with Crippen LogP contribution in [0.5, 0.6) is 0 Å². The fraction of sp³-hybridized carbons (Fsp3) is 0. The van der Waals surface area contributed by atoms with Gasteiger partial charge in [-0.1, -0.05) is 58.4 Å².